The lowest BCUT2D eigenvalue weighted by Gasteiger charge is -2.17. The first-order valence-corrected chi connectivity index (χ1v) is 6.87. The molecule has 0 saturated heterocycles. The Kier molecular flexibility index (Phi) is 3.08. The Morgan fingerprint density at radius 2 is 2.06 bits per heavy atom. The number of rotatable bonds is 1. The van der Waals surface area contributed by atoms with Crippen molar-refractivity contribution in [3.63, 3.8) is 0 Å². The van der Waals surface area contributed by atoms with Crippen LogP contribution in [0.3, 0.4) is 0 Å². The third kappa shape index (κ3) is 2.15. The van der Waals surface area contributed by atoms with Gasteiger partial charge in [-0.25, -0.2) is 4.98 Å². The summed E-state index contributed by atoms with van der Waals surface area (Å²) in [4.78, 5) is 4.64. The number of aryl methyl sites for hydroxylation is 1. The maximum Gasteiger partial charge on any atom is 0.200 e. The van der Waals surface area contributed by atoms with Crippen molar-refractivity contribution < 1.29 is 4.42 Å². The molecule has 0 amide bonds. The maximum atomic E-state index is 6.26. The third-order valence-electron chi connectivity index (χ3n) is 3.95. The molecule has 1 heterocycles. The van der Waals surface area contributed by atoms with Crippen LogP contribution in [0, 0.1) is 6.92 Å². The molecule has 1 saturated carbocycles. The SMILES string of the molecule is Cc1ccc2oc(C3CCCCCC3N)nc2c1. The van der Waals surface area contributed by atoms with E-state index in [0.29, 0.717) is 5.92 Å². The van der Waals surface area contributed by atoms with Gasteiger partial charge in [0.2, 0.25) is 0 Å². The molecule has 1 aliphatic rings. The monoisotopic (exact) mass is 244 g/mol. The summed E-state index contributed by atoms with van der Waals surface area (Å²) in [6, 6.07) is 6.33. The van der Waals surface area contributed by atoms with Crippen LogP contribution in [0.4, 0.5) is 0 Å². The van der Waals surface area contributed by atoms with Gasteiger partial charge in [-0.2, -0.15) is 0 Å². The van der Waals surface area contributed by atoms with Gasteiger partial charge >= 0.3 is 0 Å². The van der Waals surface area contributed by atoms with Gasteiger partial charge in [-0.3, -0.25) is 0 Å². The van der Waals surface area contributed by atoms with E-state index in [2.05, 4.69) is 24.0 Å². The van der Waals surface area contributed by atoms with E-state index in [1.54, 1.807) is 0 Å². The second-order valence-electron chi connectivity index (χ2n) is 5.43. The van der Waals surface area contributed by atoms with Gasteiger partial charge in [-0.05, 0) is 37.5 Å². The van der Waals surface area contributed by atoms with Gasteiger partial charge in [0.15, 0.2) is 11.5 Å². The second kappa shape index (κ2) is 4.73. The third-order valence-corrected chi connectivity index (χ3v) is 3.95. The zero-order valence-corrected chi connectivity index (χ0v) is 10.9. The molecule has 0 bridgehead atoms. The van der Waals surface area contributed by atoms with E-state index in [1.807, 2.05) is 6.07 Å². The molecular weight excluding hydrogens is 224 g/mol. The average molecular weight is 244 g/mol. The Bertz CT molecular complexity index is 546. The molecule has 3 rings (SSSR count). The number of nitrogens with two attached hydrogens (primary N) is 1. The molecule has 96 valence electrons. The van der Waals surface area contributed by atoms with Crippen LogP contribution in [-0.4, -0.2) is 11.0 Å². The van der Waals surface area contributed by atoms with Crippen molar-refractivity contribution in [1.29, 1.82) is 0 Å². The van der Waals surface area contributed by atoms with Crippen molar-refractivity contribution in [2.75, 3.05) is 0 Å². The molecule has 1 aromatic heterocycles. The molecular formula is C15H20N2O. The Morgan fingerprint density at radius 3 is 2.94 bits per heavy atom. The van der Waals surface area contributed by atoms with Gasteiger partial charge in [0.1, 0.15) is 5.52 Å². The first kappa shape index (κ1) is 11.7. The molecule has 1 aliphatic carbocycles. The molecule has 18 heavy (non-hydrogen) atoms. The molecule has 0 radical (unpaired) electrons. The van der Waals surface area contributed by atoms with Crippen LogP contribution in [0.25, 0.3) is 11.1 Å². The molecule has 1 fully saturated rings. The van der Waals surface area contributed by atoms with Crippen LogP contribution in [0.15, 0.2) is 22.6 Å². The predicted molar refractivity (Wildman–Crippen MR) is 72.5 cm³/mol. The van der Waals surface area contributed by atoms with Gasteiger partial charge in [-0.15, -0.1) is 0 Å². The minimum atomic E-state index is 0.196. The van der Waals surface area contributed by atoms with Crippen molar-refractivity contribution in [1.82, 2.24) is 4.98 Å². The van der Waals surface area contributed by atoms with E-state index in [9.17, 15) is 0 Å². The molecule has 0 aliphatic heterocycles. The number of nitrogens with zero attached hydrogens (tertiary/aromatic N) is 1. The minimum Gasteiger partial charge on any atom is -0.440 e. The summed E-state index contributed by atoms with van der Waals surface area (Å²) in [6.07, 6.45) is 5.94. The number of hydrogen-bond donors (Lipinski definition) is 1. The van der Waals surface area contributed by atoms with Crippen LogP contribution in [-0.2, 0) is 0 Å². The van der Waals surface area contributed by atoms with Crippen LogP contribution in [0.2, 0.25) is 0 Å². The lowest BCUT2D eigenvalue weighted by molar-refractivity contribution is 0.402. The minimum absolute atomic E-state index is 0.196. The van der Waals surface area contributed by atoms with Crippen molar-refractivity contribution in [2.24, 2.45) is 5.73 Å². The van der Waals surface area contributed by atoms with Crippen molar-refractivity contribution in [3.8, 4) is 0 Å². The molecule has 0 spiro atoms. The topological polar surface area (TPSA) is 52.0 Å². The quantitative estimate of drug-likeness (QED) is 0.781. The number of aromatic nitrogens is 1. The van der Waals surface area contributed by atoms with Gasteiger partial charge in [-0.1, -0.05) is 25.3 Å². The van der Waals surface area contributed by atoms with Crippen LogP contribution < -0.4 is 5.73 Å². The maximum absolute atomic E-state index is 6.26. The van der Waals surface area contributed by atoms with Gasteiger partial charge in [0.25, 0.3) is 0 Å². The molecule has 2 atom stereocenters. The molecule has 2 N–H and O–H groups in total. The Labute approximate surface area is 107 Å². The number of benzene rings is 1. The molecule has 3 nitrogen and oxygen atoms in total. The van der Waals surface area contributed by atoms with Crippen molar-refractivity contribution in [2.45, 2.75) is 51.0 Å². The summed E-state index contributed by atoms with van der Waals surface area (Å²) in [5.41, 5.74) is 9.32. The van der Waals surface area contributed by atoms with Crippen molar-refractivity contribution in [3.05, 3.63) is 29.7 Å². The highest BCUT2D eigenvalue weighted by molar-refractivity contribution is 5.73. The normalized spacial score (nSPS) is 25.2. The highest BCUT2D eigenvalue weighted by atomic mass is 16.3. The molecule has 3 heteroatoms. The fourth-order valence-electron chi connectivity index (χ4n) is 2.86. The van der Waals surface area contributed by atoms with E-state index in [4.69, 9.17) is 10.2 Å². The second-order valence-corrected chi connectivity index (χ2v) is 5.43. The fourth-order valence-corrected chi connectivity index (χ4v) is 2.86. The van der Waals surface area contributed by atoms with Gasteiger partial charge < -0.3 is 10.2 Å². The molecule has 2 unspecified atom stereocenters. The van der Waals surface area contributed by atoms with E-state index in [1.165, 1.54) is 24.8 Å². The summed E-state index contributed by atoms with van der Waals surface area (Å²) >= 11 is 0. The summed E-state index contributed by atoms with van der Waals surface area (Å²) in [5, 5.41) is 0. The Morgan fingerprint density at radius 1 is 1.22 bits per heavy atom. The summed E-state index contributed by atoms with van der Waals surface area (Å²) in [6.45, 7) is 2.07. The van der Waals surface area contributed by atoms with E-state index >= 15 is 0 Å². The average Bonchev–Trinajstić information content (AvgIpc) is 2.63. The first-order valence-electron chi connectivity index (χ1n) is 6.87. The molecule has 2 aromatic rings. The summed E-state index contributed by atoms with van der Waals surface area (Å²) in [7, 11) is 0. The smallest absolute Gasteiger partial charge is 0.200 e. The highest BCUT2D eigenvalue weighted by Gasteiger charge is 2.26. The summed E-state index contributed by atoms with van der Waals surface area (Å²) < 4.78 is 5.90. The van der Waals surface area contributed by atoms with Gasteiger partial charge in [0.05, 0.1) is 5.92 Å². The Hall–Kier alpha value is -1.35. The highest BCUT2D eigenvalue weighted by Crippen LogP contribution is 2.32. The zero-order valence-electron chi connectivity index (χ0n) is 10.9. The predicted octanol–water partition coefficient (Wildman–Crippen LogP) is 3.51. The van der Waals surface area contributed by atoms with Crippen molar-refractivity contribution >= 4 is 11.1 Å². The first-order chi connectivity index (χ1) is 8.74. The van der Waals surface area contributed by atoms with Crippen LogP contribution >= 0.6 is 0 Å². The number of oxazole rings is 1. The van der Waals surface area contributed by atoms with E-state index in [0.717, 1.165) is 29.8 Å². The lowest BCUT2D eigenvalue weighted by Crippen LogP contribution is -2.27. The fraction of sp³-hybridized carbons (Fsp3) is 0.533. The summed E-state index contributed by atoms with van der Waals surface area (Å²) in [5.74, 6) is 1.13. The number of fused-ring (bicyclic) bond motifs is 1. The lowest BCUT2D eigenvalue weighted by atomic mass is 9.95. The molecule has 1 aromatic carbocycles. The van der Waals surface area contributed by atoms with E-state index in [-0.39, 0.29) is 6.04 Å². The zero-order chi connectivity index (χ0) is 12.5. The van der Waals surface area contributed by atoms with Gasteiger partial charge in [0, 0.05) is 6.04 Å². The Balaban J connectivity index is 1.97. The standard InChI is InChI=1S/C15H20N2O/c1-10-7-8-14-13(9-10)17-15(18-14)11-5-3-2-4-6-12(11)16/h7-9,11-12H,2-6,16H2,1H3. The van der Waals surface area contributed by atoms with E-state index < -0.39 is 0 Å². The van der Waals surface area contributed by atoms with Crippen LogP contribution in [0.5, 0.6) is 0 Å². The largest absolute Gasteiger partial charge is 0.440 e. The number of hydrogen-bond acceptors (Lipinski definition) is 3. The van der Waals surface area contributed by atoms with Crippen LogP contribution in [0.1, 0.15) is 49.5 Å².